The highest BCUT2D eigenvalue weighted by Crippen LogP contribution is 2.42. The first-order valence-electron chi connectivity index (χ1n) is 10.1. The molecule has 3 heterocycles. The number of aromatic nitrogens is 3. The number of likely N-dealkylation sites (tertiary alicyclic amines) is 2. The van der Waals surface area contributed by atoms with Gasteiger partial charge in [-0.15, -0.1) is 10.2 Å². The summed E-state index contributed by atoms with van der Waals surface area (Å²) in [6, 6.07) is 0.510. The molecular formula is C19H31N5O. The molecule has 1 spiro atoms. The van der Waals surface area contributed by atoms with Crippen LogP contribution in [0.3, 0.4) is 0 Å². The van der Waals surface area contributed by atoms with Gasteiger partial charge in [0.15, 0.2) is 0 Å². The molecule has 25 heavy (non-hydrogen) atoms. The van der Waals surface area contributed by atoms with Crippen molar-refractivity contribution in [2.75, 3.05) is 19.6 Å². The number of piperidine rings is 1. The summed E-state index contributed by atoms with van der Waals surface area (Å²) in [5.74, 6) is 1.47. The van der Waals surface area contributed by atoms with Gasteiger partial charge in [0.2, 0.25) is 5.91 Å². The van der Waals surface area contributed by atoms with Crippen molar-refractivity contribution >= 4 is 5.91 Å². The standard InChI is InChI=1S/C19H31N5O/c1-2-23-15-20-21-17(23)13-22-12-10-19(14-22)9-6-11-24(18(19)25)16-7-4-3-5-8-16/h15-16H,2-14H2,1H3/t19-/m1/s1. The number of hydrogen-bond acceptors (Lipinski definition) is 4. The molecule has 0 radical (unpaired) electrons. The van der Waals surface area contributed by atoms with Gasteiger partial charge in [-0.25, -0.2) is 0 Å². The van der Waals surface area contributed by atoms with E-state index >= 15 is 0 Å². The largest absolute Gasteiger partial charge is 0.339 e. The molecule has 3 aliphatic rings. The molecule has 6 heteroatoms. The zero-order valence-corrected chi connectivity index (χ0v) is 15.5. The lowest BCUT2D eigenvalue weighted by molar-refractivity contribution is -0.149. The second-order valence-corrected chi connectivity index (χ2v) is 8.17. The monoisotopic (exact) mass is 345 g/mol. The van der Waals surface area contributed by atoms with Gasteiger partial charge in [0.25, 0.3) is 0 Å². The fraction of sp³-hybridized carbons (Fsp3) is 0.842. The first-order valence-corrected chi connectivity index (χ1v) is 10.1. The molecule has 1 saturated carbocycles. The van der Waals surface area contributed by atoms with Gasteiger partial charge in [-0.05, 0) is 45.6 Å². The Labute approximate surface area is 150 Å². The van der Waals surface area contributed by atoms with Crippen LogP contribution in [0, 0.1) is 5.41 Å². The first kappa shape index (κ1) is 17.0. The van der Waals surface area contributed by atoms with Crippen molar-refractivity contribution in [3.05, 3.63) is 12.2 Å². The van der Waals surface area contributed by atoms with Crippen LogP contribution in [0.4, 0.5) is 0 Å². The minimum absolute atomic E-state index is 0.132. The van der Waals surface area contributed by atoms with Crippen molar-refractivity contribution in [3.63, 3.8) is 0 Å². The molecule has 0 unspecified atom stereocenters. The number of carbonyl (C=O) groups is 1. The summed E-state index contributed by atoms with van der Waals surface area (Å²) < 4.78 is 2.10. The summed E-state index contributed by atoms with van der Waals surface area (Å²) in [6.45, 7) is 6.70. The minimum atomic E-state index is -0.132. The molecule has 0 bridgehead atoms. The number of nitrogens with zero attached hydrogens (tertiary/aromatic N) is 5. The molecule has 3 fully saturated rings. The second-order valence-electron chi connectivity index (χ2n) is 8.17. The quantitative estimate of drug-likeness (QED) is 0.841. The van der Waals surface area contributed by atoms with Crippen LogP contribution in [0.1, 0.15) is 64.1 Å². The number of amides is 1. The Kier molecular flexibility index (Phi) is 4.80. The summed E-state index contributed by atoms with van der Waals surface area (Å²) >= 11 is 0. The summed E-state index contributed by atoms with van der Waals surface area (Å²) in [6.07, 6.45) is 11.4. The molecule has 1 aromatic heterocycles. The average Bonchev–Trinajstić information content (AvgIpc) is 3.26. The van der Waals surface area contributed by atoms with Gasteiger partial charge in [0, 0.05) is 25.7 Å². The number of hydrogen-bond donors (Lipinski definition) is 0. The van der Waals surface area contributed by atoms with E-state index < -0.39 is 0 Å². The molecule has 0 N–H and O–H groups in total. The van der Waals surface area contributed by atoms with Crippen molar-refractivity contribution in [2.24, 2.45) is 5.41 Å². The van der Waals surface area contributed by atoms with E-state index in [2.05, 4.69) is 31.5 Å². The third-order valence-corrected chi connectivity index (χ3v) is 6.62. The smallest absolute Gasteiger partial charge is 0.230 e. The molecule has 2 saturated heterocycles. The van der Waals surface area contributed by atoms with Crippen LogP contribution in [0.25, 0.3) is 0 Å². The fourth-order valence-electron chi connectivity index (χ4n) is 5.18. The molecule has 138 valence electrons. The zero-order valence-electron chi connectivity index (χ0n) is 15.5. The van der Waals surface area contributed by atoms with Crippen LogP contribution < -0.4 is 0 Å². The second kappa shape index (κ2) is 7.06. The van der Waals surface area contributed by atoms with Crippen molar-refractivity contribution in [1.82, 2.24) is 24.6 Å². The van der Waals surface area contributed by atoms with Gasteiger partial charge in [-0.1, -0.05) is 19.3 Å². The van der Waals surface area contributed by atoms with Gasteiger partial charge in [0.1, 0.15) is 12.2 Å². The maximum absolute atomic E-state index is 13.4. The summed E-state index contributed by atoms with van der Waals surface area (Å²) in [5, 5.41) is 8.31. The Bertz CT molecular complexity index is 609. The van der Waals surface area contributed by atoms with Crippen molar-refractivity contribution in [1.29, 1.82) is 0 Å². The highest BCUT2D eigenvalue weighted by atomic mass is 16.2. The average molecular weight is 345 g/mol. The zero-order chi connectivity index (χ0) is 17.3. The molecule has 2 aliphatic heterocycles. The highest BCUT2D eigenvalue weighted by Gasteiger charge is 2.49. The SMILES string of the molecule is CCn1cnnc1CN1CC[C@]2(CCCN(C3CCCCC3)C2=O)C1. The lowest BCUT2D eigenvalue weighted by atomic mass is 9.77. The van der Waals surface area contributed by atoms with Crippen LogP contribution in [-0.2, 0) is 17.9 Å². The topological polar surface area (TPSA) is 54.3 Å². The normalized spacial score (nSPS) is 29.0. The lowest BCUT2D eigenvalue weighted by Gasteiger charge is -2.44. The van der Waals surface area contributed by atoms with Gasteiger partial charge in [-0.3, -0.25) is 9.69 Å². The molecule has 1 amide bonds. The molecule has 1 atom stereocenters. The van der Waals surface area contributed by atoms with Gasteiger partial charge >= 0.3 is 0 Å². The van der Waals surface area contributed by atoms with E-state index in [1.54, 1.807) is 6.33 Å². The van der Waals surface area contributed by atoms with Crippen LogP contribution in [0.2, 0.25) is 0 Å². The molecule has 6 nitrogen and oxygen atoms in total. The summed E-state index contributed by atoms with van der Waals surface area (Å²) in [7, 11) is 0. The maximum Gasteiger partial charge on any atom is 0.230 e. The molecular weight excluding hydrogens is 314 g/mol. The van der Waals surface area contributed by atoms with Crippen LogP contribution in [0.5, 0.6) is 0 Å². The van der Waals surface area contributed by atoms with Gasteiger partial charge in [-0.2, -0.15) is 0 Å². The Balaban J connectivity index is 1.44. The van der Waals surface area contributed by atoms with Crippen molar-refractivity contribution < 1.29 is 4.79 Å². The summed E-state index contributed by atoms with van der Waals surface area (Å²) in [4.78, 5) is 18.1. The first-order chi connectivity index (χ1) is 12.2. The Morgan fingerprint density at radius 2 is 2.00 bits per heavy atom. The Hall–Kier alpha value is -1.43. The third-order valence-electron chi connectivity index (χ3n) is 6.62. The summed E-state index contributed by atoms with van der Waals surface area (Å²) in [5.41, 5.74) is -0.132. The van der Waals surface area contributed by atoms with E-state index in [1.807, 2.05) is 0 Å². The molecule has 1 aromatic rings. The van der Waals surface area contributed by atoms with E-state index in [4.69, 9.17) is 0 Å². The fourth-order valence-corrected chi connectivity index (χ4v) is 5.18. The predicted octanol–water partition coefficient (Wildman–Crippen LogP) is 2.45. The van der Waals surface area contributed by atoms with Crippen LogP contribution in [-0.4, -0.2) is 56.1 Å². The molecule has 0 aromatic carbocycles. The van der Waals surface area contributed by atoms with E-state index in [1.165, 1.54) is 38.5 Å². The number of carbonyl (C=O) groups excluding carboxylic acids is 1. The number of rotatable bonds is 4. The van der Waals surface area contributed by atoms with Crippen molar-refractivity contribution in [3.8, 4) is 0 Å². The number of aryl methyl sites for hydroxylation is 1. The van der Waals surface area contributed by atoms with Crippen molar-refractivity contribution in [2.45, 2.75) is 77.4 Å². The Morgan fingerprint density at radius 1 is 1.16 bits per heavy atom. The van der Waals surface area contributed by atoms with Gasteiger partial charge in [0.05, 0.1) is 12.0 Å². The third kappa shape index (κ3) is 3.21. The minimum Gasteiger partial charge on any atom is -0.339 e. The highest BCUT2D eigenvalue weighted by molar-refractivity contribution is 5.84. The van der Waals surface area contributed by atoms with E-state index in [-0.39, 0.29) is 5.41 Å². The molecule has 1 aliphatic carbocycles. The predicted molar refractivity (Wildman–Crippen MR) is 95.8 cm³/mol. The molecule has 4 rings (SSSR count). The Morgan fingerprint density at radius 3 is 2.80 bits per heavy atom. The van der Waals surface area contributed by atoms with E-state index in [0.717, 1.165) is 51.4 Å². The van der Waals surface area contributed by atoms with E-state index in [0.29, 0.717) is 11.9 Å². The maximum atomic E-state index is 13.4. The van der Waals surface area contributed by atoms with Crippen LogP contribution in [0.15, 0.2) is 6.33 Å². The van der Waals surface area contributed by atoms with Crippen LogP contribution >= 0.6 is 0 Å². The lowest BCUT2D eigenvalue weighted by Crippen LogP contribution is -2.54. The van der Waals surface area contributed by atoms with E-state index in [9.17, 15) is 4.79 Å². The van der Waals surface area contributed by atoms with Gasteiger partial charge < -0.3 is 9.47 Å².